The molecule has 1 saturated carbocycles. The van der Waals surface area contributed by atoms with Crippen LogP contribution in [0.15, 0.2) is 12.1 Å². The fourth-order valence-corrected chi connectivity index (χ4v) is 3.64. The minimum atomic E-state index is -0.629. The van der Waals surface area contributed by atoms with Crippen LogP contribution in [0, 0.1) is 5.82 Å². The van der Waals surface area contributed by atoms with E-state index in [0.717, 1.165) is 12.8 Å². The van der Waals surface area contributed by atoms with E-state index >= 15 is 0 Å². The largest absolute Gasteiger partial charge is 0.444 e. The molecule has 2 fully saturated rings. The number of hydrogen-bond acceptors (Lipinski definition) is 5. The summed E-state index contributed by atoms with van der Waals surface area (Å²) in [4.78, 5) is 39.2. The minimum Gasteiger partial charge on any atom is -0.444 e. The van der Waals surface area contributed by atoms with Crippen molar-refractivity contribution in [3.8, 4) is 0 Å². The van der Waals surface area contributed by atoms with E-state index in [1.165, 1.54) is 11.0 Å². The number of nitrogens with one attached hydrogen (secondary N) is 1. The number of ether oxygens (including phenoxy) is 2. The highest BCUT2D eigenvalue weighted by Gasteiger charge is 2.42. The summed E-state index contributed by atoms with van der Waals surface area (Å²) < 4.78 is 25.2. The monoisotopic (exact) mass is 405 g/mol. The second kappa shape index (κ2) is 6.89. The maximum atomic E-state index is 14.8. The van der Waals surface area contributed by atoms with Gasteiger partial charge in [-0.2, -0.15) is 0 Å². The summed E-state index contributed by atoms with van der Waals surface area (Å²) in [7, 11) is 0. The summed E-state index contributed by atoms with van der Waals surface area (Å²) in [6.07, 6.45) is 0.0890. The minimum absolute atomic E-state index is 0.0819. The van der Waals surface area contributed by atoms with Gasteiger partial charge in [-0.15, -0.1) is 0 Å². The normalized spacial score (nSPS) is 21.3. The van der Waals surface area contributed by atoms with Crippen LogP contribution in [-0.4, -0.2) is 48.9 Å². The average Bonchev–Trinajstić information content (AvgIpc) is 3.27. The Hall–Kier alpha value is -2.84. The molecule has 4 rings (SSSR count). The molecule has 9 heteroatoms. The van der Waals surface area contributed by atoms with Crippen molar-refractivity contribution in [2.45, 2.75) is 57.8 Å². The topological polar surface area (TPSA) is 88.2 Å². The van der Waals surface area contributed by atoms with Crippen molar-refractivity contribution in [1.29, 1.82) is 0 Å². The van der Waals surface area contributed by atoms with Gasteiger partial charge in [-0.1, -0.05) is 0 Å². The molecule has 0 bridgehead atoms. The van der Waals surface area contributed by atoms with E-state index in [0.29, 0.717) is 16.9 Å². The molecule has 1 aromatic carbocycles. The molecule has 1 aliphatic carbocycles. The number of carbonyl (C=O) groups is 3. The van der Waals surface area contributed by atoms with E-state index in [4.69, 9.17) is 9.47 Å². The van der Waals surface area contributed by atoms with Crippen molar-refractivity contribution >= 4 is 29.5 Å². The molecule has 1 atom stereocenters. The Morgan fingerprint density at radius 2 is 2.03 bits per heavy atom. The summed E-state index contributed by atoms with van der Waals surface area (Å²) in [5.74, 6) is -0.625. The standard InChI is InChI=1S/C20H24FN3O5/c1-20(2,3)29-18(26)22-9-14-10-23(19(27)28-14)13-6-11-7-16(25)24(12-4-5-12)17(11)15(21)8-13/h6,8,12,14H,4-5,7,9-10H2,1-3H3,(H,22,26)/t14-/m0/s1. The van der Waals surface area contributed by atoms with Gasteiger partial charge in [0.05, 0.1) is 30.9 Å². The zero-order valence-electron chi connectivity index (χ0n) is 16.7. The van der Waals surface area contributed by atoms with Crippen LogP contribution in [0.5, 0.6) is 0 Å². The number of rotatable bonds is 4. The van der Waals surface area contributed by atoms with Crippen LogP contribution in [0.4, 0.5) is 25.4 Å². The fraction of sp³-hybridized carbons (Fsp3) is 0.550. The van der Waals surface area contributed by atoms with Gasteiger partial charge in [0, 0.05) is 6.04 Å². The highest BCUT2D eigenvalue weighted by atomic mass is 19.1. The Bertz CT molecular complexity index is 878. The van der Waals surface area contributed by atoms with Crippen LogP contribution in [0.25, 0.3) is 0 Å². The van der Waals surface area contributed by atoms with Gasteiger partial charge in [0.15, 0.2) is 0 Å². The van der Waals surface area contributed by atoms with Crippen LogP contribution >= 0.6 is 0 Å². The molecule has 2 heterocycles. The second-order valence-corrected chi connectivity index (χ2v) is 8.61. The highest BCUT2D eigenvalue weighted by molar-refractivity contribution is 6.03. The molecule has 0 spiro atoms. The van der Waals surface area contributed by atoms with Gasteiger partial charge < -0.3 is 19.7 Å². The van der Waals surface area contributed by atoms with Crippen molar-refractivity contribution in [2.75, 3.05) is 22.9 Å². The Morgan fingerprint density at radius 1 is 1.31 bits per heavy atom. The Kier molecular flexibility index (Phi) is 4.63. The van der Waals surface area contributed by atoms with Crippen molar-refractivity contribution in [1.82, 2.24) is 5.32 Å². The average molecular weight is 405 g/mol. The molecule has 1 saturated heterocycles. The lowest BCUT2D eigenvalue weighted by Crippen LogP contribution is -2.38. The number of hydrogen-bond donors (Lipinski definition) is 1. The van der Waals surface area contributed by atoms with Gasteiger partial charge in [-0.3, -0.25) is 9.69 Å². The van der Waals surface area contributed by atoms with E-state index in [1.54, 1.807) is 31.7 Å². The van der Waals surface area contributed by atoms with E-state index < -0.39 is 29.7 Å². The zero-order valence-corrected chi connectivity index (χ0v) is 16.7. The van der Waals surface area contributed by atoms with Gasteiger partial charge in [0.2, 0.25) is 5.91 Å². The molecule has 2 aliphatic heterocycles. The first-order valence-corrected chi connectivity index (χ1v) is 9.72. The third-order valence-corrected chi connectivity index (χ3v) is 4.95. The van der Waals surface area contributed by atoms with Crippen molar-refractivity contribution in [3.05, 3.63) is 23.5 Å². The summed E-state index contributed by atoms with van der Waals surface area (Å²) in [6, 6.07) is 3.02. The van der Waals surface area contributed by atoms with E-state index in [-0.39, 0.29) is 31.5 Å². The van der Waals surface area contributed by atoms with Crippen LogP contribution in [0.3, 0.4) is 0 Å². The number of cyclic esters (lactones) is 1. The lowest BCUT2D eigenvalue weighted by Gasteiger charge is -2.20. The van der Waals surface area contributed by atoms with Gasteiger partial charge in [-0.05, 0) is 51.3 Å². The van der Waals surface area contributed by atoms with Crippen molar-refractivity contribution < 1.29 is 28.2 Å². The van der Waals surface area contributed by atoms with Crippen LogP contribution < -0.4 is 15.1 Å². The van der Waals surface area contributed by atoms with Crippen LogP contribution in [0.2, 0.25) is 0 Å². The first kappa shape index (κ1) is 19.5. The fourth-order valence-electron chi connectivity index (χ4n) is 3.64. The van der Waals surface area contributed by atoms with Crippen molar-refractivity contribution in [2.24, 2.45) is 0 Å². The summed E-state index contributed by atoms with van der Waals surface area (Å²) in [5.41, 5.74) is 0.629. The molecule has 8 nitrogen and oxygen atoms in total. The number of nitrogens with zero attached hydrogens (tertiary/aromatic N) is 2. The number of benzene rings is 1. The number of carbonyl (C=O) groups excluding carboxylic acids is 3. The molecule has 0 unspecified atom stereocenters. The molecule has 1 N–H and O–H groups in total. The van der Waals surface area contributed by atoms with Crippen LogP contribution in [-0.2, 0) is 20.7 Å². The Morgan fingerprint density at radius 3 is 2.69 bits per heavy atom. The summed E-state index contributed by atoms with van der Waals surface area (Å²) in [6.45, 7) is 5.50. The summed E-state index contributed by atoms with van der Waals surface area (Å²) in [5, 5.41) is 2.57. The zero-order chi connectivity index (χ0) is 20.9. The lowest BCUT2D eigenvalue weighted by atomic mass is 10.1. The van der Waals surface area contributed by atoms with E-state index in [1.807, 2.05) is 0 Å². The number of alkyl carbamates (subject to hydrolysis) is 1. The molecule has 0 aromatic heterocycles. The van der Waals surface area contributed by atoms with Crippen molar-refractivity contribution in [3.63, 3.8) is 0 Å². The lowest BCUT2D eigenvalue weighted by molar-refractivity contribution is -0.117. The number of anilines is 2. The highest BCUT2D eigenvalue weighted by Crippen LogP contribution is 2.42. The maximum Gasteiger partial charge on any atom is 0.414 e. The number of amides is 3. The molecule has 3 amide bonds. The van der Waals surface area contributed by atoms with E-state index in [2.05, 4.69) is 5.32 Å². The quantitative estimate of drug-likeness (QED) is 0.832. The Balaban J connectivity index is 1.44. The first-order chi connectivity index (χ1) is 13.6. The Labute approximate surface area is 167 Å². The molecule has 0 radical (unpaired) electrons. The van der Waals surface area contributed by atoms with Gasteiger partial charge >= 0.3 is 12.2 Å². The molecule has 29 heavy (non-hydrogen) atoms. The third kappa shape index (κ3) is 3.99. The predicted octanol–water partition coefficient (Wildman–Crippen LogP) is 2.73. The van der Waals surface area contributed by atoms with Crippen LogP contribution in [0.1, 0.15) is 39.2 Å². The molecular weight excluding hydrogens is 381 g/mol. The SMILES string of the molecule is CC(C)(C)OC(=O)NC[C@H]1CN(c2cc(F)c3c(c2)CC(=O)N3C2CC2)C(=O)O1. The summed E-state index contributed by atoms with van der Waals surface area (Å²) >= 11 is 0. The molecule has 1 aromatic rings. The first-order valence-electron chi connectivity index (χ1n) is 9.72. The maximum absolute atomic E-state index is 14.8. The predicted molar refractivity (Wildman–Crippen MR) is 102 cm³/mol. The number of halogens is 1. The van der Waals surface area contributed by atoms with E-state index in [9.17, 15) is 18.8 Å². The van der Waals surface area contributed by atoms with Gasteiger partial charge in [0.1, 0.15) is 17.5 Å². The number of fused-ring (bicyclic) bond motifs is 1. The smallest absolute Gasteiger partial charge is 0.414 e. The molecule has 3 aliphatic rings. The van der Waals surface area contributed by atoms with Gasteiger partial charge in [-0.25, -0.2) is 14.0 Å². The molecular formula is C20H24FN3O5. The second-order valence-electron chi connectivity index (χ2n) is 8.61. The van der Waals surface area contributed by atoms with Gasteiger partial charge in [0.25, 0.3) is 0 Å². The molecule has 156 valence electrons. The third-order valence-electron chi connectivity index (χ3n) is 4.95.